The van der Waals surface area contributed by atoms with E-state index in [9.17, 15) is 14.0 Å². The van der Waals surface area contributed by atoms with E-state index in [1.165, 1.54) is 25.3 Å². The predicted molar refractivity (Wildman–Crippen MR) is 101 cm³/mol. The summed E-state index contributed by atoms with van der Waals surface area (Å²) in [5.74, 6) is -1.22. The van der Waals surface area contributed by atoms with E-state index in [1.807, 2.05) is 6.92 Å². The summed E-state index contributed by atoms with van der Waals surface area (Å²) in [4.78, 5) is 24.5. The SMILES string of the molecule is CCOCCCNC(=O)c1cccc(NC(=O)c2ccc(OC)cc2F)c1. The van der Waals surface area contributed by atoms with Gasteiger partial charge in [-0.25, -0.2) is 4.39 Å². The van der Waals surface area contributed by atoms with Gasteiger partial charge in [-0.15, -0.1) is 0 Å². The molecule has 0 aliphatic rings. The van der Waals surface area contributed by atoms with Crippen molar-refractivity contribution in [3.63, 3.8) is 0 Å². The summed E-state index contributed by atoms with van der Waals surface area (Å²) in [6.07, 6.45) is 0.715. The van der Waals surface area contributed by atoms with Crippen molar-refractivity contribution >= 4 is 17.5 Å². The normalized spacial score (nSPS) is 10.3. The number of anilines is 1. The van der Waals surface area contributed by atoms with Crippen molar-refractivity contribution in [1.29, 1.82) is 0 Å². The van der Waals surface area contributed by atoms with Gasteiger partial charge in [-0.2, -0.15) is 0 Å². The highest BCUT2D eigenvalue weighted by Gasteiger charge is 2.14. The first-order valence-corrected chi connectivity index (χ1v) is 8.66. The average molecular weight is 374 g/mol. The number of methoxy groups -OCH3 is 1. The molecule has 0 aliphatic heterocycles. The summed E-state index contributed by atoms with van der Waals surface area (Å²) >= 11 is 0. The predicted octanol–water partition coefficient (Wildman–Crippen LogP) is 3.24. The Labute approximate surface area is 157 Å². The van der Waals surface area contributed by atoms with E-state index in [4.69, 9.17) is 9.47 Å². The third-order valence-corrected chi connectivity index (χ3v) is 3.76. The van der Waals surface area contributed by atoms with E-state index in [-0.39, 0.29) is 11.5 Å². The maximum atomic E-state index is 14.0. The van der Waals surface area contributed by atoms with Crippen LogP contribution in [0.25, 0.3) is 0 Å². The monoisotopic (exact) mass is 374 g/mol. The highest BCUT2D eigenvalue weighted by Crippen LogP contribution is 2.18. The van der Waals surface area contributed by atoms with Crippen LogP contribution in [0, 0.1) is 5.82 Å². The molecular formula is C20H23FN2O4. The Kier molecular flexibility index (Phi) is 7.76. The highest BCUT2D eigenvalue weighted by molar-refractivity contribution is 6.05. The molecule has 7 heteroatoms. The third kappa shape index (κ3) is 6.07. The number of halogens is 1. The van der Waals surface area contributed by atoms with Gasteiger partial charge in [0.05, 0.1) is 12.7 Å². The van der Waals surface area contributed by atoms with Crippen LogP contribution in [-0.2, 0) is 4.74 Å². The lowest BCUT2D eigenvalue weighted by Gasteiger charge is -2.09. The highest BCUT2D eigenvalue weighted by atomic mass is 19.1. The zero-order valence-corrected chi connectivity index (χ0v) is 15.4. The molecule has 2 aromatic rings. The number of benzene rings is 2. The molecule has 0 saturated heterocycles. The molecule has 0 radical (unpaired) electrons. The third-order valence-electron chi connectivity index (χ3n) is 3.76. The van der Waals surface area contributed by atoms with Gasteiger partial charge < -0.3 is 20.1 Å². The Morgan fingerprint density at radius 3 is 2.63 bits per heavy atom. The summed E-state index contributed by atoms with van der Waals surface area (Å²) < 4.78 is 24.1. The lowest BCUT2D eigenvalue weighted by molar-refractivity contribution is 0.0942. The first kappa shape index (κ1) is 20.4. The van der Waals surface area contributed by atoms with Gasteiger partial charge in [0.15, 0.2) is 0 Å². The second-order valence-corrected chi connectivity index (χ2v) is 5.69. The van der Waals surface area contributed by atoms with Crippen LogP contribution in [0.4, 0.5) is 10.1 Å². The lowest BCUT2D eigenvalue weighted by atomic mass is 10.1. The summed E-state index contributed by atoms with van der Waals surface area (Å²) in [7, 11) is 1.42. The van der Waals surface area contributed by atoms with Crippen LogP contribution in [-0.4, -0.2) is 38.7 Å². The zero-order valence-electron chi connectivity index (χ0n) is 15.4. The minimum Gasteiger partial charge on any atom is -0.497 e. The van der Waals surface area contributed by atoms with Crippen molar-refractivity contribution in [2.24, 2.45) is 0 Å². The Balaban J connectivity index is 1.98. The molecule has 2 rings (SSSR count). The van der Waals surface area contributed by atoms with Gasteiger partial charge in [-0.1, -0.05) is 6.07 Å². The molecule has 2 N–H and O–H groups in total. The van der Waals surface area contributed by atoms with Crippen molar-refractivity contribution in [2.75, 3.05) is 32.2 Å². The fraction of sp³-hybridized carbons (Fsp3) is 0.300. The van der Waals surface area contributed by atoms with E-state index in [1.54, 1.807) is 18.2 Å². The summed E-state index contributed by atoms with van der Waals surface area (Å²) in [5.41, 5.74) is 0.693. The van der Waals surface area contributed by atoms with Gasteiger partial charge in [0.25, 0.3) is 11.8 Å². The number of hydrogen-bond acceptors (Lipinski definition) is 4. The van der Waals surface area contributed by atoms with E-state index in [0.29, 0.717) is 43.2 Å². The van der Waals surface area contributed by atoms with Gasteiger partial charge >= 0.3 is 0 Å². The van der Waals surface area contributed by atoms with Crippen molar-refractivity contribution in [1.82, 2.24) is 5.32 Å². The van der Waals surface area contributed by atoms with Gasteiger partial charge in [0.2, 0.25) is 0 Å². The van der Waals surface area contributed by atoms with Crippen LogP contribution < -0.4 is 15.4 Å². The number of rotatable bonds is 9. The van der Waals surface area contributed by atoms with Crippen LogP contribution in [0.5, 0.6) is 5.75 Å². The molecule has 0 heterocycles. The minimum absolute atomic E-state index is 0.110. The summed E-state index contributed by atoms with van der Waals surface area (Å²) in [6, 6.07) is 10.4. The number of carbonyl (C=O) groups is 2. The van der Waals surface area contributed by atoms with Crippen molar-refractivity contribution < 1.29 is 23.5 Å². The van der Waals surface area contributed by atoms with E-state index in [2.05, 4.69) is 10.6 Å². The van der Waals surface area contributed by atoms with E-state index >= 15 is 0 Å². The fourth-order valence-electron chi connectivity index (χ4n) is 2.37. The Bertz CT molecular complexity index is 795. The zero-order chi connectivity index (χ0) is 19.6. The molecule has 0 aromatic heterocycles. The molecule has 0 atom stereocenters. The van der Waals surface area contributed by atoms with Crippen LogP contribution in [0.15, 0.2) is 42.5 Å². The summed E-state index contributed by atoms with van der Waals surface area (Å²) in [5, 5.41) is 5.38. The molecule has 2 amide bonds. The van der Waals surface area contributed by atoms with Crippen LogP contribution in [0.1, 0.15) is 34.1 Å². The second kappa shape index (κ2) is 10.3. The molecule has 0 saturated carbocycles. The van der Waals surface area contributed by atoms with Gasteiger partial charge in [0.1, 0.15) is 11.6 Å². The first-order chi connectivity index (χ1) is 13.0. The molecule has 27 heavy (non-hydrogen) atoms. The number of nitrogens with one attached hydrogen (secondary N) is 2. The molecule has 0 spiro atoms. The molecule has 0 aliphatic carbocycles. The molecule has 0 fully saturated rings. The lowest BCUT2D eigenvalue weighted by Crippen LogP contribution is -2.25. The standard InChI is InChI=1S/C20H23FN2O4/c1-3-27-11-5-10-22-19(24)14-6-4-7-15(12-14)23-20(25)17-9-8-16(26-2)13-18(17)21/h4,6-9,12-13H,3,5,10-11H2,1-2H3,(H,22,24)(H,23,25). The Morgan fingerprint density at radius 2 is 1.93 bits per heavy atom. The van der Waals surface area contributed by atoms with Crippen LogP contribution in [0.3, 0.4) is 0 Å². The average Bonchev–Trinajstić information content (AvgIpc) is 2.67. The first-order valence-electron chi connectivity index (χ1n) is 8.66. The topological polar surface area (TPSA) is 76.7 Å². The van der Waals surface area contributed by atoms with E-state index in [0.717, 1.165) is 6.07 Å². The largest absolute Gasteiger partial charge is 0.497 e. The van der Waals surface area contributed by atoms with Crippen molar-refractivity contribution in [3.05, 3.63) is 59.4 Å². The maximum absolute atomic E-state index is 14.0. The number of ether oxygens (including phenoxy) is 2. The molecule has 0 bridgehead atoms. The quantitative estimate of drug-likeness (QED) is 0.661. The molecule has 6 nitrogen and oxygen atoms in total. The number of amides is 2. The van der Waals surface area contributed by atoms with Crippen LogP contribution >= 0.6 is 0 Å². The van der Waals surface area contributed by atoms with Crippen molar-refractivity contribution in [2.45, 2.75) is 13.3 Å². The maximum Gasteiger partial charge on any atom is 0.258 e. The van der Waals surface area contributed by atoms with Crippen molar-refractivity contribution in [3.8, 4) is 5.75 Å². The van der Waals surface area contributed by atoms with Gasteiger partial charge in [-0.3, -0.25) is 9.59 Å². The second-order valence-electron chi connectivity index (χ2n) is 5.69. The Hall–Kier alpha value is -2.93. The minimum atomic E-state index is -0.685. The fourth-order valence-corrected chi connectivity index (χ4v) is 2.37. The molecule has 0 unspecified atom stereocenters. The van der Waals surface area contributed by atoms with E-state index < -0.39 is 11.7 Å². The number of carbonyl (C=O) groups excluding carboxylic acids is 2. The van der Waals surface area contributed by atoms with Crippen LogP contribution in [0.2, 0.25) is 0 Å². The van der Waals surface area contributed by atoms with Gasteiger partial charge in [0, 0.05) is 37.1 Å². The Morgan fingerprint density at radius 1 is 1.11 bits per heavy atom. The smallest absolute Gasteiger partial charge is 0.258 e. The molecule has 144 valence electrons. The summed E-state index contributed by atoms with van der Waals surface area (Å²) in [6.45, 7) is 3.63. The molecule has 2 aromatic carbocycles. The van der Waals surface area contributed by atoms with Gasteiger partial charge in [-0.05, 0) is 43.7 Å². The number of hydrogen-bond donors (Lipinski definition) is 2. The molecular weight excluding hydrogens is 351 g/mol.